The van der Waals surface area contributed by atoms with Crippen molar-refractivity contribution in [3.63, 3.8) is 0 Å². The molecular formula is C21H14BBr6O4. The largest absolute Gasteiger partial charge is 0.507 e. The molecule has 0 amide bonds. The van der Waals surface area contributed by atoms with Gasteiger partial charge in [0, 0.05) is 19.2 Å². The summed E-state index contributed by atoms with van der Waals surface area (Å²) in [6.07, 6.45) is 0. The van der Waals surface area contributed by atoms with Gasteiger partial charge in [-0.25, -0.2) is 0 Å². The molecule has 0 bridgehead atoms. The van der Waals surface area contributed by atoms with Crippen LogP contribution in [0.2, 0.25) is 0 Å². The van der Waals surface area contributed by atoms with Gasteiger partial charge in [-0.15, -0.1) is 0 Å². The van der Waals surface area contributed by atoms with E-state index in [1.165, 1.54) is 0 Å². The Bertz CT molecular complexity index is 1170. The molecule has 0 aromatic heterocycles. The molecule has 167 valence electrons. The van der Waals surface area contributed by atoms with Crippen LogP contribution in [0.4, 0.5) is 0 Å². The summed E-state index contributed by atoms with van der Waals surface area (Å²) >= 11 is 19.6. The van der Waals surface area contributed by atoms with Gasteiger partial charge in [0.1, 0.15) is 23.0 Å². The third kappa shape index (κ3) is 5.96. The molecule has 0 unspecified atom stereocenters. The fourth-order valence-corrected chi connectivity index (χ4v) is 5.84. The quantitative estimate of drug-likeness (QED) is 0.134. The molecule has 4 N–H and O–H groups in total. The van der Waals surface area contributed by atoms with Crippen molar-refractivity contribution >= 4 is 126 Å². The van der Waals surface area contributed by atoms with Crippen LogP contribution < -0.4 is 0 Å². The lowest BCUT2D eigenvalue weighted by Gasteiger charge is -2.10. The van der Waals surface area contributed by atoms with Gasteiger partial charge in [0.05, 0.1) is 26.8 Å². The summed E-state index contributed by atoms with van der Waals surface area (Å²) in [5, 5.41) is 41.8. The van der Waals surface area contributed by atoms with Gasteiger partial charge >= 0.3 is 0 Å². The van der Waals surface area contributed by atoms with E-state index < -0.39 is 0 Å². The fraction of sp³-hybridized carbons (Fsp3) is 0.0476. The highest BCUT2D eigenvalue weighted by atomic mass is 79.9. The van der Waals surface area contributed by atoms with Crippen LogP contribution in [0.5, 0.6) is 23.0 Å². The number of phenolic OH excluding ortho intramolecular Hbond substituents is 4. The Hall–Kier alpha value is -0.455. The number of fused-ring (bicyclic) bond motifs is 2. The Morgan fingerprint density at radius 1 is 0.469 bits per heavy atom. The van der Waals surface area contributed by atoms with Gasteiger partial charge in [-0.1, -0.05) is 7.43 Å². The Labute approximate surface area is 237 Å². The van der Waals surface area contributed by atoms with Crippen molar-refractivity contribution < 1.29 is 20.4 Å². The van der Waals surface area contributed by atoms with Crippen LogP contribution in [0.1, 0.15) is 7.43 Å². The normalized spacial score (nSPS) is 10.2. The minimum Gasteiger partial charge on any atom is -0.507 e. The molecular weight excluding hydrogens is 806 g/mol. The summed E-state index contributed by atoms with van der Waals surface area (Å²) < 4.78 is 3.53. The predicted molar refractivity (Wildman–Crippen MR) is 153 cm³/mol. The van der Waals surface area contributed by atoms with Crippen molar-refractivity contribution in [2.45, 2.75) is 7.43 Å². The highest BCUT2D eigenvalue weighted by molar-refractivity contribution is 9.12. The van der Waals surface area contributed by atoms with E-state index in [-0.39, 0.29) is 38.8 Å². The van der Waals surface area contributed by atoms with E-state index in [4.69, 9.17) is 0 Å². The molecule has 3 radical (unpaired) electrons. The number of hydrogen-bond donors (Lipinski definition) is 4. The zero-order valence-electron chi connectivity index (χ0n) is 15.1. The predicted octanol–water partition coefficient (Wildman–Crippen LogP) is 9.33. The molecule has 4 aromatic rings. The summed E-state index contributed by atoms with van der Waals surface area (Å²) in [6, 6.07) is 10.3. The van der Waals surface area contributed by atoms with Gasteiger partial charge in [-0.3, -0.25) is 0 Å². The van der Waals surface area contributed by atoms with Gasteiger partial charge in [0.2, 0.25) is 0 Å². The van der Waals surface area contributed by atoms with E-state index in [1.807, 2.05) is 0 Å². The molecule has 0 heterocycles. The SMILES string of the molecule is C.Oc1c(Br)cc2c(Br)c(O)c(Br)cc2c1Br.Oc1cc2cc(Br)c(O)cc2cc1Br.[B]. The van der Waals surface area contributed by atoms with Crippen LogP contribution in [-0.2, 0) is 0 Å². The second-order valence-electron chi connectivity index (χ2n) is 6.09. The maximum absolute atomic E-state index is 9.77. The highest BCUT2D eigenvalue weighted by Crippen LogP contribution is 2.46. The topological polar surface area (TPSA) is 80.9 Å². The third-order valence-corrected chi connectivity index (χ3v) is 8.23. The maximum atomic E-state index is 9.77. The van der Waals surface area contributed by atoms with Gasteiger partial charge in [0.25, 0.3) is 0 Å². The summed E-state index contributed by atoms with van der Waals surface area (Å²) in [7, 11) is 0. The zero-order chi connectivity index (χ0) is 22.3. The fourth-order valence-electron chi connectivity index (χ4n) is 2.64. The first-order valence-corrected chi connectivity index (χ1v) is 12.8. The lowest BCUT2D eigenvalue weighted by molar-refractivity contribution is 0.467. The molecule has 0 aliphatic carbocycles. The van der Waals surface area contributed by atoms with E-state index in [0.717, 1.165) is 21.5 Å². The molecule has 0 saturated carbocycles. The average molecular weight is 821 g/mol. The molecule has 32 heavy (non-hydrogen) atoms. The molecule has 0 saturated heterocycles. The standard InChI is InChI=1S/C10H4Br4O2.C10H6Br2O2.CH4.B/c11-5-1-3-4(8(14)9(5)15)2-6(12)10(16)7(3)13;11-7-1-5-3-10(14)8(12)2-6(5)4-9(7)13;;/h1-2,15-16H;1-4,13-14H;1H4;. The van der Waals surface area contributed by atoms with E-state index in [2.05, 4.69) is 95.6 Å². The minimum absolute atomic E-state index is 0. The van der Waals surface area contributed by atoms with Crippen molar-refractivity contribution in [3.8, 4) is 23.0 Å². The number of benzene rings is 4. The van der Waals surface area contributed by atoms with Crippen molar-refractivity contribution in [1.82, 2.24) is 0 Å². The lowest BCUT2D eigenvalue weighted by Crippen LogP contribution is -1.82. The van der Waals surface area contributed by atoms with E-state index in [1.54, 1.807) is 36.4 Å². The average Bonchev–Trinajstić information content (AvgIpc) is 2.69. The number of rotatable bonds is 0. The van der Waals surface area contributed by atoms with Crippen LogP contribution >= 0.6 is 95.6 Å². The number of aromatic hydroxyl groups is 4. The first-order chi connectivity index (χ1) is 14.0. The van der Waals surface area contributed by atoms with Crippen molar-refractivity contribution in [3.05, 3.63) is 63.2 Å². The summed E-state index contributed by atoms with van der Waals surface area (Å²) in [4.78, 5) is 0. The Morgan fingerprint density at radius 3 is 1.09 bits per heavy atom. The highest BCUT2D eigenvalue weighted by Gasteiger charge is 2.15. The Balaban J connectivity index is 0.000000303. The van der Waals surface area contributed by atoms with E-state index in [0.29, 0.717) is 26.8 Å². The van der Waals surface area contributed by atoms with Gasteiger partial charge in [-0.05, 0) is 143 Å². The molecule has 4 rings (SSSR count). The maximum Gasteiger partial charge on any atom is 0.144 e. The van der Waals surface area contributed by atoms with Gasteiger partial charge < -0.3 is 20.4 Å². The second kappa shape index (κ2) is 11.8. The third-order valence-electron chi connectivity index (χ3n) is 4.15. The Kier molecular flexibility index (Phi) is 10.9. The summed E-state index contributed by atoms with van der Waals surface area (Å²) in [5.41, 5.74) is 0. The zero-order valence-corrected chi connectivity index (χ0v) is 24.6. The molecule has 0 fully saturated rings. The molecule has 0 atom stereocenters. The smallest absolute Gasteiger partial charge is 0.144 e. The number of hydrogen-bond acceptors (Lipinski definition) is 4. The van der Waals surface area contributed by atoms with Crippen LogP contribution in [0, 0.1) is 0 Å². The van der Waals surface area contributed by atoms with Crippen LogP contribution in [0.3, 0.4) is 0 Å². The van der Waals surface area contributed by atoms with Crippen LogP contribution in [0.15, 0.2) is 63.2 Å². The van der Waals surface area contributed by atoms with Crippen molar-refractivity contribution in [1.29, 1.82) is 0 Å². The van der Waals surface area contributed by atoms with Crippen LogP contribution in [0.25, 0.3) is 21.5 Å². The molecule has 0 aliphatic heterocycles. The molecule has 0 spiro atoms. The molecule has 4 nitrogen and oxygen atoms in total. The van der Waals surface area contributed by atoms with Crippen LogP contribution in [-0.4, -0.2) is 28.8 Å². The Morgan fingerprint density at radius 2 is 0.781 bits per heavy atom. The van der Waals surface area contributed by atoms with E-state index in [9.17, 15) is 20.4 Å². The van der Waals surface area contributed by atoms with Crippen molar-refractivity contribution in [2.24, 2.45) is 0 Å². The van der Waals surface area contributed by atoms with E-state index >= 15 is 0 Å². The summed E-state index contributed by atoms with van der Waals surface area (Å²) in [6.45, 7) is 0. The first kappa shape index (κ1) is 29.6. The van der Waals surface area contributed by atoms with Gasteiger partial charge in [0.15, 0.2) is 0 Å². The molecule has 11 heteroatoms. The minimum atomic E-state index is 0. The second-order valence-corrected chi connectivity index (χ2v) is 11.1. The molecule has 0 aliphatic rings. The number of halogens is 6. The lowest BCUT2D eigenvalue weighted by atomic mass is 10.1. The monoisotopic (exact) mass is 815 g/mol. The van der Waals surface area contributed by atoms with Crippen molar-refractivity contribution in [2.75, 3.05) is 0 Å². The summed E-state index contributed by atoms with van der Waals surface area (Å²) in [5.74, 6) is 0.652. The van der Waals surface area contributed by atoms with Gasteiger partial charge in [-0.2, -0.15) is 0 Å². The first-order valence-electron chi connectivity index (χ1n) is 7.99. The number of phenols is 4. The molecule has 4 aromatic carbocycles.